The van der Waals surface area contributed by atoms with E-state index in [2.05, 4.69) is 20.6 Å². The summed E-state index contributed by atoms with van der Waals surface area (Å²) in [6.45, 7) is 1.38. The third-order valence-electron chi connectivity index (χ3n) is 2.41. The number of carbonyl (C=O) groups excluding carboxylic acids is 1. The Morgan fingerprint density at radius 1 is 1.10 bits per heavy atom. The van der Waals surface area contributed by atoms with Crippen molar-refractivity contribution >= 4 is 23.2 Å². The van der Waals surface area contributed by atoms with Gasteiger partial charge in [0.1, 0.15) is 5.69 Å². The maximum atomic E-state index is 12.5. The van der Waals surface area contributed by atoms with Crippen molar-refractivity contribution in [3.63, 3.8) is 0 Å². The number of amides is 1. The number of hydrogen-bond donors (Lipinski definition) is 2. The van der Waals surface area contributed by atoms with Gasteiger partial charge in [-0.3, -0.25) is 4.79 Å². The molecule has 0 saturated heterocycles. The Kier molecular flexibility index (Phi) is 4.06. The monoisotopic (exact) mass is 296 g/mol. The molecule has 8 heteroatoms. The number of benzene rings is 1. The molecule has 21 heavy (non-hydrogen) atoms. The van der Waals surface area contributed by atoms with Crippen LogP contribution in [0.5, 0.6) is 0 Å². The molecule has 0 bridgehead atoms. The fourth-order valence-corrected chi connectivity index (χ4v) is 1.55. The zero-order valence-corrected chi connectivity index (χ0v) is 10.9. The van der Waals surface area contributed by atoms with Crippen molar-refractivity contribution in [3.05, 3.63) is 42.2 Å². The maximum Gasteiger partial charge on any atom is 0.433 e. The number of aromatic nitrogens is 2. The first-order valence-electron chi connectivity index (χ1n) is 5.89. The molecule has 1 aromatic carbocycles. The van der Waals surface area contributed by atoms with Gasteiger partial charge in [-0.05, 0) is 30.3 Å². The average molecular weight is 296 g/mol. The molecule has 0 radical (unpaired) electrons. The fraction of sp³-hybridized carbons (Fsp3) is 0.154. The van der Waals surface area contributed by atoms with E-state index in [1.54, 1.807) is 24.3 Å². The van der Waals surface area contributed by atoms with Gasteiger partial charge in [0, 0.05) is 24.5 Å². The topological polar surface area (TPSA) is 66.9 Å². The van der Waals surface area contributed by atoms with E-state index in [0.717, 1.165) is 12.3 Å². The van der Waals surface area contributed by atoms with E-state index >= 15 is 0 Å². The Labute approximate surface area is 118 Å². The molecule has 0 aliphatic heterocycles. The molecular formula is C13H11F3N4O. The lowest BCUT2D eigenvalue weighted by atomic mass is 10.3. The molecule has 110 valence electrons. The minimum atomic E-state index is -4.52. The Morgan fingerprint density at radius 3 is 2.29 bits per heavy atom. The molecule has 0 atom stereocenters. The lowest BCUT2D eigenvalue weighted by molar-refractivity contribution is -0.141. The Hall–Kier alpha value is -2.64. The molecule has 5 nitrogen and oxygen atoms in total. The van der Waals surface area contributed by atoms with Gasteiger partial charge in [-0.15, -0.1) is 0 Å². The molecule has 1 aromatic heterocycles. The van der Waals surface area contributed by atoms with Crippen LogP contribution in [0.15, 0.2) is 36.5 Å². The van der Waals surface area contributed by atoms with E-state index in [1.807, 2.05) is 0 Å². The van der Waals surface area contributed by atoms with Gasteiger partial charge in [0.2, 0.25) is 11.9 Å². The summed E-state index contributed by atoms with van der Waals surface area (Å²) in [7, 11) is 0. The predicted molar refractivity (Wildman–Crippen MR) is 71.1 cm³/mol. The first-order valence-corrected chi connectivity index (χ1v) is 5.89. The van der Waals surface area contributed by atoms with E-state index in [1.165, 1.54) is 6.92 Å². The minimum Gasteiger partial charge on any atom is -0.326 e. The number of nitrogens with one attached hydrogen (secondary N) is 2. The van der Waals surface area contributed by atoms with Crippen molar-refractivity contribution in [3.8, 4) is 0 Å². The summed E-state index contributed by atoms with van der Waals surface area (Å²) >= 11 is 0. The summed E-state index contributed by atoms with van der Waals surface area (Å²) in [5.74, 6) is -0.367. The van der Waals surface area contributed by atoms with Crippen LogP contribution in [-0.4, -0.2) is 15.9 Å². The van der Waals surface area contributed by atoms with Crippen molar-refractivity contribution in [2.45, 2.75) is 13.1 Å². The summed E-state index contributed by atoms with van der Waals surface area (Å²) in [5.41, 5.74) is 0.0660. The molecule has 0 spiro atoms. The van der Waals surface area contributed by atoms with Crippen LogP contribution in [0.25, 0.3) is 0 Å². The molecule has 1 amide bonds. The van der Waals surface area contributed by atoms with Crippen LogP contribution in [0.1, 0.15) is 12.6 Å². The fourth-order valence-electron chi connectivity index (χ4n) is 1.55. The highest BCUT2D eigenvalue weighted by Gasteiger charge is 2.32. The molecule has 0 saturated carbocycles. The molecule has 2 rings (SSSR count). The quantitative estimate of drug-likeness (QED) is 0.912. The van der Waals surface area contributed by atoms with Crippen LogP contribution in [0, 0.1) is 0 Å². The molecule has 2 N–H and O–H groups in total. The largest absolute Gasteiger partial charge is 0.433 e. The van der Waals surface area contributed by atoms with Crippen molar-refractivity contribution in [2.24, 2.45) is 0 Å². The Bertz CT molecular complexity index is 641. The van der Waals surface area contributed by atoms with Gasteiger partial charge in [-0.25, -0.2) is 9.97 Å². The third kappa shape index (κ3) is 4.16. The van der Waals surface area contributed by atoms with Crippen molar-refractivity contribution in [2.75, 3.05) is 10.6 Å². The third-order valence-corrected chi connectivity index (χ3v) is 2.41. The Balaban J connectivity index is 2.13. The molecule has 0 fully saturated rings. The number of rotatable bonds is 3. The molecular weight excluding hydrogens is 285 g/mol. The summed E-state index contributed by atoms with van der Waals surface area (Å²) in [4.78, 5) is 18.0. The van der Waals surface area contributed by atoms with Crippen LogP contribution in [0.3, 0.4) is 0 Å². The second-order valence-electron chi connectivity index (χ2n) is 4.15. The van der Waals surface area contributed by atoms with E-state index in [9.17, 15) is 18.0 Å². The van der Waals surface area contributed by atoms with Crippen molar-refractivity contribution in [1.82, 2.24) is 9.97 Å². The summed E-state index contributed by atoms with van der Waals surface area (Å²) in [6, 6.07) is 7.20. The number of carbonyl (C=O) groups is 1. The zero-order valence-electron chi connectivity index (χ0n) is 10.9. The number of hydrogen-bond acceptors (Lipinski definition) is 4. The number of halogens is 3. The summed E-state index contributed by atoms with van der Waals surface area (Å²) in [6.07, 6.45) is -3.49. The zero-order chi connectivity index (χ0) is 15.5. The van der Waals surface area contributed by atoms with Gasteiger partial charge in [0.05, 0.1) is 0 Å². The highest BCUT2D eigenvalue weighted by molar-refractivity contribution is 5.88. The van der Waals surface area contributed by atoms with E-state index in [0.29, 0.717) is 11.4 Å². The number of nitrogens with zero attached hydrogens (tertiary/aromatic N) is 2. The molecule has 2 aromatic rings. The first kappa shape index (κ1) is 14.8. The van der Waals surface area contributed by atoms with Crippen molar-refractivity contribution < 1.29 is 18.0 Å². The van der Waals surface area contributed by atoms with Crippen LogP contribution in [0.2, 0.25) is 0 Å². The average Bonchev–Trinajstić information content (AvgIpc) is 2.40. The second kappa shape index (κ2) is 5.78. The second-order valence-corrected chi connectivity index (χ2v) is 4.15. The minimum absolute atomic E-state index is 0.155. The van der Waals surface area contributed by atoms with Crippen LogP contribution < -0.4 is 10.6 Å². The van der Waals surface area contributed by atoms with Gasteiger partial charge < -0.3 is 10.6 Å². The molecule has 0 aliphatic carbocycles. The van der Waals surface area contributed by atoms with Crippen LogP contribution >= 0.6 is 0 Å². The van der Waals surface area contributed by atoms with Gasteiger partial charge >= 0.3 is 6.18 Å². The SMILES string of the molecule is CC(=O)Nc1ccc(Nc2nccc(C(F)(F)F)n2)cc1. The van der Waals surface area contributed by atoms with E-state index in [-0.39, 0.29) is 11.9 Å². The standard InChI is InChI=1S/C13H11F3N4O/c1-8(21)18-9-2-4-10(5-3-9)19-12-17-7-6-11(20-12)13(14,15)16/h2-7H,1H3,(H,18,21)(H,17,19,20). The smallest absolute Gasteiger partial charge is 0.326 e. The van der Waals surface area contributed by atoms with Crippen molar-refractivity contribution in [1.29, 1.82) is 0 Å². The van der Waals surface area contributed by atoms with Gasteiger partial charge in [-0.1, -0.05) is 0 Å². The van der Waals surface area contributed by atoms with E-state index < -0.39 is 11.9 Å². The highest BCUT2D eigenvalue weighted by Crippen LogP contribution is 2.28. The molecule has 0 unspecified atom stereocenters. The lowest BCUT2D eigenvalue weighted by Crippen LogP contribution is -2.10. The highest BCUT2D eigenvalue weighted by atomic mass is 19.4. The normalized spacial score (nSPS) is 11.0. The molecule has 1 heterocycles. The molecule has 0 aliphatic rings. The predicted octanol–water partition coefficient (Wildman–Crippen LogP) is 3.20. The number of anilines is 3. The van der Waals surface area contributed by atoms with E-state index in [4.69, 9.17) is 0 Å². The van der Waals surface area contributed by atoms with Gasteiger partial charge in [0.15, 0.2) is 0 Å². The first-order chi connectivity index (χ1) is 9.84. The number of alkyl halides is 3. The van der Waals surface area contributed by atoms with Gasteiger partial charge in [-0.2, -0.15) is 13.2 Å². The summed E-state index contributed by atoms with van der Waals surface area (Å²) in [5, 5.41) is 5.24. The summed E-state index contributed by atoms with van der Waals surface area (Å²) < 4.78 is 37.6. The van der Waals surface area contributed by atoms with Crippen LogP contribution in [0.4, 0.5) is 30.5 Å². The van der Waals surface area contributed by atoms with Gasteiger partial charge in [0.25, 0.3) is 0 Å². The lowest BCUT2D eigenvalue weighted by Gasteiger charge is -2.09. The maximum absolute atomic E-state index is 12.5. The van der Waals surface area contributed by atoms with Crippen LogP contribution in [-0.2, 0) is 11.0 Å². The Morgan fingerprint density at radius 2 is 1.71 bits per heavy atom.